The fourth-order valence-corrected chi connectivity index (χ4v) is 5.00. The number of hydrogen-bond acceptors (Lipinski definition) is 7. The van der Waals surface area contributed by atoms with E-state index in [0.29, 0.717) is 43.2 Å². The second-order valence-corrected chi connectivity index (χ2v) is 8.63. The van der Waals surface area contributed by atoms with E-state index < -0.39 is 0 Å². The summed E-state index contributed by atoms with van der Waals surface area (Å²) in [6, 6.07) is 2.19. The third-order valence-corrected chi connectivity index (χ3v) is 6.66. The van der Waals surface area contributed by atoms with Gasteiger partial charge in [-0.15, -0.1) is 21.5 Å². The minimum absolute atomic E-state index is 0.0913. The first-order valence-electron chi connectivity index (χ1n) is 8.63. The van der Waals surface area contributed by atoms with Gasteiger partial charge in [-0.1, -0.05) is 18.7 Å². The summed E-state index contributed by atoms with van der Waals surface area (Å²) >= 11 is 3.06. The van der Waals surface area contributed by atoms with E-state index in [2.05, 4.69) is 23.2 Å². The molecule has 1 aliphatic carbocycles. The summed E-state index contributed by atoms with van der Waals surface area (Å²) in [7, 11) is 0. The Labute approximate surface area is 154 Å². The van der Waals surface area contributed by atoms with Crippen LogP contribution in [0, 0.1) is 5.92 Å². The topological polar surface area (TPSA) is 68.5 Å². The standard InChI is InChI=1S/C17H21N3O3S2/c1-11-2-3-13-12(8-11)9-14(25-13)16-18-19-17(23-16)24-10-15(21)20-4-6-22-7-5-20/h9,11H,2-8,10H2,1H3/t11-/m1/s1. The molecule has 134 valence electrons. The molecule has 4 rings (SSSR count). The molecular formula is C17H21N3O3S2. The van der Waals surface area contributed by atoms with Gasteiger partial charge in [0.25, 0.3) is 11.1 Å². The number of carbonyl (C=O) groups is 1. The zero-order valence-electron chi connectivity index (χ0n) is 14.2. The number of hydrogen-bond donors (Lipinski definition) is 0. The van der Waals surface area contributed by atoms with Crippen LogP contribution in [0.4, 0.5) is 0 Å². The molecule has 0 bridgehead atoms. The van der Waals surface area contributed by atoms with Gasteiger partial charge in [-0.2, -0.15) is 0 Å². The zero-order chi connectivity index (χ0) is 17.2. The average molecular weight is 380 g/mol. The number of nitrogens with zero attached hydrogens (tertiary/aromatic N) is 3. The summed E-state index contributed by atoms with van der Waals surface area (Å²) in [6.07, 6.45) is 3.53. The summed E-state index contributed by atoms with van der Waals surface area (Å²) in [6.45, 7) is 4.85. The van der Waals surface area contributed by atoms with E-state index >= 15 is 0 Å². The van der Waals surface area contributed by atoms with Gasteiger partial charge < -0.3 is 14.1 Å². The number of thiophene rings is 1. The Morgan fingerprint density at radius 1 is 1.40 bits per heavy atom. The van der Waals surface area contributed by atoms with Crippen LogP contribution in [0.1, 0.15) is 23.8 Å². The fraction of sp³-hybridized carbons (Fsp3) is 0.588. The molecule has 1 fully saturated rings. The number of thioether (sulfide) groups is 1. The molecule has 0 spiro atoms. The quantitative estimate of drug-likeness (QED) is 0.761. The Morgan fingerprint density at radius 2 is 2.24 bits per heavy atom. The lowest BCUT2D eigenvalue weighted by atomic mass is 9.90. The van der Waals surface area contributed by atoms with Gasteiger partial charge in [0, 0.05) is 18.0 Å². The maximum absolute atomic E-state index is 12.2. The molecule has 0 aromatic carbocycles. The van der Waals surface area contributed by atoms with E-state index in [4.69, 9.17) is 9.15 Å². The van der Waals surface area contributed by atoms with Crippen molar-refractivity contribution in [2.45, 2.75) is 31.4 Å². The van der Waals surface area contributed by atoms with Gasteiger partial charge in [-0.05, 0) is 36.8 Å². The van der Waals surface area contributed by atoms with E-state index in [-0.39, 0.29) is 5.91 Å². The third kappa shape index (κ3) is 3.91. The lowest BCUT2D eigenvalue weighted by Gasteiger charge is -2.26. The van der Waals surface area contributed by atoms with Crippen molar-refractivity contribution in [2.24, 2.45) is 5.92 Å². The summed E-state index contributed by atoms with van der Waals surface area (Å²) in [5.41, 5.74) is 1.42. The SMILES string of the molecule is C[C@@H]1CCc2sc(-c3nnc(SCC(=O)N4CCOCC4)o3)cc2C1. The second-order valence-electron chi connectivity index (χ2n) is 6.56. The Kier molecular flexibility index (Phi) is 5.10. The predicted molar refractivity (Wildman–Crippen MR) is 96.9 cm³/mol. The van der Waals surface area contributed by atoms with Crippen LogP contribution in [0.2, 0.25) is 0 Å². The largest absolute Gasteiger partial charge is 0.410 e. The summed E-state index contributed by atoms with van der Waals surface area (Å²) < 4.78 is 11.0. The molecule has 3 heterocycles. The highest BCUT2D eigenvalue weighted by Gasteiger charge is 2.22. The third-order valence-electron chi connectivity index (χ3n) is 4.63. The first-order valence-corrected chi connectivity index (χ1v) is 10.4. The van der Waals surface area contributed by atoms with Crippen LogP contribution in [0.3, 0.4) is 0 Å². The number of aromatic nitrogens is 2. The average Bonchev–Trinajstić information content (AvgIpc) is 3.26. The number of morpholine rings is 1. The molecular weight excluding hydrogens is 358 g/mol. The number of fused-ring (bicyclic) bond motifs is 1. The molecule has 0 radical (unpaired) electrons. The van der Waals surface area contributed by atoms with Gasteiger partial charge in [0.05, 0.1) is 23.8 Å². The van der Waals surface area contributed by atoms with Crippen molar-refractivity contribution < 1.29 is 13.9 Å². The number of aryl methyl sites for hydroxylation is 1. The zero-order valence-corrected chi connectivity index (χ0v) is 15.8. The van der Waals surface area contributed by atoms with E-state index in [1.54, 1.807) is 11.3 Å². The Hall–Kier alpha value is -1.38. The lowest BCUT2D eigenvalue weighted by molar-refractivity contribution is -0.132. The van der Waals surface area contributed by atoms with Crippen LogP contribution in [0.5, 0.6) is 0 Å². The Bertz CT molecular complexity index is 752. The van der Waals surface area contributed by atoms with Gasteiger partial charge >= 0.3 is 0 Å². The number of rotatable bonds is 4. The Balaban J connectivity index is 1.38. The number of amides is 1. The minimum atomic E-state index is 0.0913. The highest BCUT2D eigenvalue weighted by molar-refractivity contribution is 7.99. The van der Waals surface area contributed by atoms with Crippen molar-refractivity contribution in [3.63, 3.8) is 0 Å². The van der Waals surface area contributed by atoms with Crippen LogP contribution in [0.15, 0.2) is 15.7 Å². The van der Waals surface area contributed by atoms with Crippen molar-refractivity contribution in [3.05, 3.63) is 16.5 Å². The summed E-state index contributed by atoms with van der Waals surface area (Å²) in [5.74, 6) is 1.72. The highest BCUT2D eigenvalue weighted by Crippen LogP contribution is 2.37. The van der Waals surface area contributed by atoms with E-state index in [9.17, 15) is 4.79 Å². The molecule has 1 aliphatic heterocycles. The van der Waals surface area contributed by atoms with Gasteiger partial charge in [-0.25, -0.2) is 0 Å². The molecule has 8 heteroatoms. The lowest BCUT2D eigenvalue weighted by Crippen LogP contribution is -2.41. The molecule has 0 unspecified atom stereocenters. The molecule has 2 aliphatic rings. The van der Waals surface area contributed by atoms with Crippen LogP contribution >= 0.6 is 23.1 Å². The summed E-state index contributed by atoms with van der Waals surface area (Å²) in [5, 5.41) is 8.71. The highest BCUT2D eigenvalue weighted by atomic mass is 32.2. The Morgan fingerprint density at radius 3 is 3.08 bits per heavy atom. The van der Waals surface area contributed by atoms with Crippen molar-refractivity contribution >= 4 is 29.0 Å². The first-order chi connectivity index (χ1) is 12.2. The van der Waals surface area contributed by atoms with Crippen molar-refractivity contribution in [1.82, 2.24) is 15.1 Å². The van der Waals surface area contributed by atoms with Gasteiger partial charge in [-0.3, -0.25) is 4.79 Å². The first kappa shape index (κ1) is 17.1. The number of carbonyl (C=O) groups excluding carboxylic acids is 1. The normalized spacial score (nSPS) is 20.5. The van der Waals surface area contributed by atoms with Crippen LogP contribution in [-0.4, -0.2) is 53.1 Å². The smallest absolute Gasteiger partial charge is 0.277 e. The molecule has 6 nitrogen and oxygen atoms in total. The molecule has 0 saturated carbocycles. The molecule has 25 heavy (non-hydrogen) atoms. The van der Waals surface area contributed by atoms with Crippen LogP contribution in [0.25, 0.3) is 10.8 Å². The maximum Gasteiger partial charge on any atom is 0.277 e. The predicted octanol–water partition coefficient (Wildman–Crippen LogP) is 2.87. The monoisotopic (exact) mass is 379 g/mol. The summed E-state index contributed by atoms with van der Waals surface area (Å²) in [4.78, 5) is 16.5. The van der Waals surface area contributed by atoms with Gasteiger partial charge in [0.1, 0.15) is 0 Å². The second kappa shape index (κ2) is 7.47. The van der Waals surface area contributed by atoms with Gasteiger partial charge in [0.15, 0.2) is 0 Å². The molecule has 2 aromatic rings. The van der Waals surface area contributed by atoms with Gasteiger partial charge in [0.2, 0.25) is 5.91 Å². The van der Waals surface area contributed by atoms with Crippen molar-refractivity contribution in [3.8, 4) is 10.8 Å². The molecule has 2 aromatic heterocycles. The van der Waals surface area contributed by atoms with Crippen LogP contribution in [-0.2, 0) is 22.4 Å². The van der Waals surface area contributed by atoms with Crippen molar-refractivity contribution in [1.29, 1.82) is 0 Å². The minimum Gasteiger partial charge on any atom is -0.410 e. The van der Waals surface area contributed by atoms with E-state index in [1.165, 1.54) is 28.6 Å². The maximum atomic E-state index is 12.2. The van der Waals surface area contributed by atoms with Crippen molar-refractivity contribution in [2.75, 3.05) is 32.1 Å². The van der Waals surface area contributed by atoms with E-state index in [1.807, 2.05) is 4.90 Å². The number of ether oxygens (including phenoxy) is 1. The molecule has 1 saturated heterocycles. The molecule has 1 amide bonds. The molecule has 0 N–H and O–H groups in total. The van der Waals surface area contributed by atoms with E-state index in [0.717, 1.165) is 23.6 Å². The fourth-order valence-electron chi connectivity index (χ4n) is 3.21. The molecule has 1 atom stereocenters. The van der Waals surface area contributed by atoms with Crippen LogP contribution < -0.4 is 0 Å².